The molecule has 3 nitrogen and oxygen atoms in total. The minimum Gasteiger partial charge on any atom is -0.497 e. The number of rotatable bonds is 5. The molecule has 1 heterocycles. The summed E-state index contributed by atoms with van der Waals surface area (Å²) >= 11 is 0. The van der Waals surface area contributed by atoms with Gasteiger partial charge in [0.15, 0.2) is 0 Å². The molecule has 1 fully saturated rings. The van der Waals surface area contributed by atoms with Crippen LogP contribution in [0.4, 0.5) is 0 Å². The maximum Gasteiger partial charge on any atom is 0.119 e. The van der Waals surface area contributed by atoms with E-state index in [1.807, 2.05) is 24.3 Å². The van der Waals surface area contributed by atoms with Gasteiger partial charge in [0.25, 0.3) is 0 Å². The third-order valence-corrected chi connectivity index (χ3v) is 2.11. The molecular formula is C11H14O3. The van der Waals surface area contributed by atoms with Crippen LogP contribution in [0, 0.1) is 0 Å². The van der Waals surface area contributed by atoms with Gasteiger partial charge in [-0.1, -0.05) is 12.1 Å². The highest BCUT2D eigenvalue weighted by atomic mass is 16.6. The van der Waals surface area contributed by atoms with Crippen LogP contribution in [0.15, 0.2) is 24.3 Å². The van der Waals surface area contributed by atoms with Gasteiger partial charge in [0.1, 0.15) is 11.9 Å². The second-order valence-electron chi connectivity index (χ2n) is 3.32. The van der Waals surface area contributed by atoms with Crippen molar-refractivity contribution in [3.63, 3.8) is 0 Å². The second kappa shape index (κ2) is 4.44. The monoisotopic (exact) mass is 194 g/mol. The van der Waals surface area contributed by atoms with Crippen molar-refractivity contribution in [1.82, 2.24) is 0 Å². The Kier molecular flexibility index (Phi) is 3.01. The normalized spacial score (nSPS) is 19.4. The summed E-state index contributed by atoms with van der Waals surface area (Å²) in [6.07, 6.45) is 0.334. The van der Waals surface area contributed by atoms with E-state index >= 15 is 0 Å². The number of hydrogen-bond acceptors (Lipinski definition) is 3. The molecule has 0 aliphatic carbocycles. The predicted molar refractivity (Wildman–Crippen MR) is 52.4 cm³/mol. The standard InChI is InChI=1S/C11H14O3/c1-12-10-4-2-3-9(5-10)6-13-7-11-8-14-11/h2-5,11H,6-8H2,1H3/t11-/m1/s1. The topological polar surface area (TPSA) is 31.0 Å². The number of epoxide rings is 1. The minimum absolute atomic E-state index is 0.334. The van der Waals surface area contributed by atoms with E-state index in [2.05, 4.69) is 0 Å². The fourth-order valence-corrected chi connectivity index (χ4v) is 1.23. The highest BCUT2D eigenvalue weighted by molar-refractivity contribution is 5.27. The minimum atomic E-state index is 0.334. The zero-order valence-corrected chi connectivity index (χ0v) is 8.23. The van der Waals surface area contributed by atoms with Crippen molar-refractivity contribution in [2.45, 2.75) is 12.7 Å². The van der Waals surface area contributed by atoms with Crippen LogP contribution in [0.1, 0.15) is 5.56 Å². The summed E-state index contributed by atoms with van der Waals surface area (Å²) < 4.78 is 15.6. The smallest absolute Gasteiger partial charge is 0.119 e. The summed E-state index contributed by atoms with van der Waals surface area (Å²) in [5.74, 6) is 0.869. The first kappa shape index (κ1) is 9.49. The van der Waals surface area contributed by atoms with Gasteiger partial charge in [-0.05, 0) is 17.7 Å². The quantitative estimate of drug-likeness (QED) is 0.667. The highest BCUT2D eigenvalue weighted by Crippen LogP contribution is 2.14. The van der Waals surface area contributed by atoms with E-state index in [1.54, 1.807) is 7.11 Å². The molecule has 1 aromatic rings. The zero-order valence-electron chi connectivity index (χ0n) is 8.23. The molecule has 0 bridgehead atoms. The van der Waals surface area contributed by atoms with Gasteiger partial charge in [0.05, 0.1) is 26.9 Å². The fourth-order valence-electron chi connectivity index (χ4n) is 1.23. The Morgan fingerprint density at radius 2 is 2.36 bits per heavy atom. The lowest BCUT2D eigenvalue weighted by Gasteiger charge is -2.04. The third-order valence-electron chi connectivity index (χ3n) is 2.11. The zero-order chi connectivity index (χ0) is 9.80. The molecule has 0 unspecified atom stereocenters. The van der Waals surface area contributed by atoms with Gasteiger partial charge < -0.3 is 14.2 Å². The van der Waals surface area contributed by atoms with Crippen LogP contribution < -0.4 is 4.74 Å². The van der Waals surface area contributed by atoms with Crippen LogP contribution in [0.2, 0.25) is 0 Å². The Morgan fingerprint density at radius 1 is 1.50 bits per heavy atom. The Labute approximate surface area is 83.6 Å². The third kappa shape index (κ3) is 2.72. The molecule has 3 heteroatoms. The van der Waals surface area contributed by atoms with Crippen LogP contribution >= 0.6 is 0 Å². The molecule has 1 saturated heterocycles. The average molecular weight is 194 g/mol. The fraction of sp³-hybridized carbons (Fsp3) is 0.455. The molecule has 1 aliphatic heterocycles. The van der Waals surface area contributed by atoms with Crippen molar-refractivity contribution in [1.29, 1.82) is 0 Å². The summed E-state index contributed by atoms with van der Waals surface area (Å²) in [6, 6.07) is 7.89. The lowest BCUT2D eigenvalue weighted by Crippen LogP contribution is -2.01. The van der Waals surface area contributed by atoms with E-state index in [1.165, 1.54) is 0 Å². The first-order chi connectivity index (χ1) is 6.88. The first-order valence-electron chi connectivity index (χ1n) is 4.71. The number of hydrogen-bond donors (Lipinski definition) is 0. The molecule has 2 rings (SSSR count). The van der Waals surface area contributed by atoms with Crippen LogP contribution in [0.25, 0.3) is 0 Å². The van der Waals surface area contributed by atoms with E-state index in [-0.39, 0.29) is 0 Å². The number of methoxy groups -OCH3 is 1. The summed E-state index contributed by atoms with van der Waals surface area (Å²) in [4.78, 5) is 0. The summed E-state index contributed by atoms with van der Waals surface area (Å²) in [7, 11) is 1.66. The van der Waals surface area contributed by atoms with Crippen molar-refractivity contribution < 1.29 is 14.2 Å². The van der Waals surface area contributed by atoms with Gasteiger partial charge in [0.2, 0.25) is 0 Å². The average Bonchev–Trinajstić information content (AvgIpc) is 3.02. The van der Waals surface area contributed by atoms with Gasteiger partial charge in [-0.15, -0.1) is 0 Å². The van der Waals surface area contributed by atoms with Crippen LogP contribution in [0.3, 0.4) is 0 Å². The summed E-state index contributed by atoms with van der Waals surface area (Å²) in [5.41, 5.74) is 1.13. The summed E-state index contributed by atoms with van der Waals surface area (Å²) in [6.45, 7) is 2.16. The lowest BCUT2D eigenvalue weighted by atomic mass is 10.2. The SMILES string of the molecule is COc1cccc(COC[C@@H]2CO2)c1. The Balaban J connectivity index is 1.81. The van der Waals surface area contributed by atoms with Crippen LogP contribution in [-0.4, -0.2) is 26.4 Å². The van der Waals surface area contributed by atoms with E-state index in [0.717, 1.165) is 17.9 Å². The molecule has 1 aromatic carbocycles. The number of ether oxygens (including phenoxy) is 3. The maximum absolute atomic E-state index is 5.46. The molecule has 0 radical (unpaired) electrons. The number of benzene rings is 1. The largest absolute Gasteiger partial charge is 0.497 e. The van der Waals surface area contributed by atoms with Gasteiger partial charge in [-0.3, -0.25) is 0 Å². The first-order valence-corrected chi connectivity index (χ1v) is 4.71. The molecule has 0 saturated carbocycles. The van der Waals surface area contributed by atoms with Crippen molar-refractivity contribution in [2.75, 3.05) is 20.3 Å². The molecule has 0 amide bonds. The van der Waals surface area contributed by atoms with E-state index < -0.39 is 0 Å². The van der Waals surface area contributed by atoms with E-state index in [9.17, 15) is 0 Å². The Bertz CT molecular complexity index is 294. The predicted octanol–water partition coefficient (Wildman–Crippen LogP) is 1.61. The molecule has 1 aliphatic rings. The van der Waals surface area contributed by atoms with Gasteiger partial charge in [-0.25, -0.2) is 0 Å². The van der Waals surface area contributed by atoms with Crippen molar-refractivity contribution in [2.24, 2.45) is 0 Å². The van der Waals surface area contributed by atoms with Crippen LogP contribution in [-0.2, 0) is 16.1 Å². The molecule has 0 N–H and O–H groups in total. The van der Waals surface area contributed by atoms with E-state index in [0.29, 0.717) is 19.3 Å². The van der Waals surface area contributed by atoms with Crippen LogP contribution in [0.5, 0.6) is 5.75 Å². The Morgan fingerprint density at radius 3 is 3.07 bits per heavy atom. The van der Waals surface area contributed by atoms with E-state index in [4.69, 9.17) is 14.2 Å². The lowest BCUT2D eigenvalue weighted by molar-refractivity contribution is 0.104. The van der Waals surface area contributed by atoms with Gasteiger partial charge in [0, 0.05) is 0 Å². The molecule has 0 aromatic heterocycles. The molecule has 1 atom stereocenters. The van der Waals surface area contributed by atoms with Gasteiger partial charge in [-0.2, -0.15) is 0 Å². The molecule has 14 heavy (non-hydrogen) atoms. The highest BCUT2D eigenvalue weighted by Gasteiger charge is 2.22. The van der Waals surface area contributed by atoms with Gasteiger partial charge >= 0.3 is 0 Å². The van der Waals surface area contributed by atoms with Crippen molar-refractivity contribution in [3.05, 3.63) is 29.8 Å². The second-order valence-corrected chi connectivity index (χ2v) is 3.32. The van der Waals surface area contributed by atoms with Crippen molar-refractivity contribution in [3.8, 4) is 5.75 Å². The van der Waals surface area contributed by atoms with Crippen molar-refractivity contribution >= 4 is 0 Å². The summed E-state index contributed by atoms with van der Waals surface area (Å²) in [5, 5.41) is 0. The Hall–Kier alpha value is -1.06. The maximum atomic E-state index is 5.46. The molecule has 0 spiro atoms. The molecule has 76 valence electrons. The molecular weight excluding hydrogens is 180 g/mol.